The molecule has 2 aromatic heterocycles. The first-order chi connectivity index (χ1) is 16.2. The van der Waals surface area contributed by atoms with E-state index >= 15 is 0 Å². The highest BCUT2D eigenvalue weighted by Crippen LogP contribution is 2.43. The van der Waals surface area contributed by atoms with E-state index in [9.17, 15) is 4.79 Å². The molecule has 1 saturated carbocycles. The quantitative estimate of drug-likeness (QED) is 0.470. The van der Waals surface area contributed by atoms with Crippen LogP contribution in [0.1, 0.15) is 64.5 Å². The molecule has 9 heteroatoms. The topological polar surface area (TPSA) is 98.6 Å². The van der Waals surface area contributed by atoms with Crippen molar-refractivity contribution < 1.29 is 9.53 Å². The Labute approximate surface area is 206 Å². The van der Waals surface area contributed by atoms with Crippen molar-refractivity contribution in [2.45, 2.75) is 64.5 Å². The zero-order valence-electron chi connectivity index (χ0n) is 20.7. The third-order valence-corrected chi connectivity index (χ3v) is 7.67. The number of rotatable bonds is 4. The van der Waals surface area contributed by atoms with Gasteiger partial charge in [-0.2, -0.15) is 0 Å². The maximum Gasteiger partial charge on any atom is 0.410 e. The van der Waals surface area contributed by atoms with Crippen LogP contribution < -0.4 is 5.73 Å². The predicted molar refractivity (Wildman–Crippen MR) is 139 cm³/mol. The first-order valence-corrected chi connectivity index (χ1v) is 12.9. The van der Waals surface area contributed by atoms with Crippen LogP contribution >= 0.6 is 11.8 Å². The van der Waals surface area contributed by atoms with E-state index in [1.54, 1.807) is 12.5 Å². The van der Waals surface area contributed by atoms with Crippen molar-refractivity contribution >= 4 is 39.8 Å². The Kier molecular flexibility index (Phi) is 7.21. The maximum atomic E-state index is 12.6. The first-order valence-electron chi connectivity index (χ1n) is 12.1. The summed E-state index contributed by atoms with van der Waals surface area (Å²) in [6, 6.07) is 0.333. The van der Waals surface area contributed by atoms with Gasteiger partial charge >= 0.3 is 6.09 Å². The monoisotopic (exact) mass is 484 g/mol. The number of likely N-dealkylation sites (tertiary alicyclic amines) is 1. The van der Waals surface area contributed by atoms with Gasteiger partial charge in [-0.15, -0.1) is 0 Å². The summed E-state index contributed by atoms with van der Waals surface area (Å²) < 4.78 is 7.90. The molecule has 34 heavy (non-hydrogen) atoms. The molecular formula is C25H36N6O2S. The molecule has 0 radical (unpaired) electrons. The number of carbonyl (C=O) groups is 1. The van der Waals surface area contributed by atoms with Gasteiger partial charge in [0.05, 0.1) is 5.39 Å². The molecule has 1 aliphatic carbocycles. The van der Waals surface area contributed by atoms with Gasteiger partial charge in [0.1, 0.15) is 28.4 Å². The van der Waals surface area contributed by atoms with Gasteiger partial charge < -0.3 is 19.9 Å². The van der Waals surface area contributed by atoms with Gasteiger partial charge in [0.25, 0.3) is 0 Å². The van der Waals surface area contributed by atoms with E-state index in [1.165, 1.54) is 18.1 Å². The normalized spacial score (nSPS) is 23.9. The van der Waals surface area contributed by atoms with Crippen molar-refractivity contribution in [2.75, 3.05) is 25.9 Å². The smallest absolute Gasteiger partial charge is 0.410 e. The van der Waals surface area contributed by atoms with Crippen LogP contribution in [0.2, 0.25) is 0 Å². The Morgan fingerprint density at radius 1 is 1.29 bits per heavy atom. The fraction of sp³-hybridized carbons (Fsp3) is 0.600. The first kappa shape index (κ1) is 24.6. The van der Waals surface area contributed by atoms with Crippen molar-refractivity contribution in [3.05, 3.63) is 30.1 Å². The Morgan fingerprint density at radius 2 is 2.09 bits per heavy atom. The molecule has 8 nitrogen and oxygen atoms in total. The fourth-order valence-electron chi connectivity index (χ4n) is 5.42. The van der Waals surface area contributed by atoms with Crippen molar-refractivity contribution in [3.63, 3.8) is 0 Å². The zero-order valence-corrected chi connectivity index (χ0v) is 21.5. The number of nitrogens with two attached hydrogens (primary N) is 1. The molecule has 1 amide bonds. The van der Waals surface area contributed by atoms with E-state index < -0.39 is 5.60 Å². The molecule has 1 saturated heterocycles. The third kappa shape index (κ3) is 5.09. The van der Waals surface area contributed by atoms with E-state index in [0.29, 0.717) is 23.7 Å². The van der Waals surface area contributed by atoms with E-state index in [-0.39, 0.29) is 6.09 Å². The highest BCUT2D eigenvalue weighted by atomic mass is 32.2. The Hall–Kier alpha value is -2.55. The van der Waals surface area contributed by atoms with Gasteiger partial charge in [-0.1, -0.05) is 18.3 Å². The lowest BCUT2D eigenvalue weighted by Crippen LogP contribution is -2.44. The minimum Gasteiger partial charge on any atom is -0.444 e. The summed E-state index contributed by atoms with van der Waals surface area (Å²) in [7, 11) is 1.78. The molecular weight excluding hydrogens is 448 g/mol. The van der Waals surface area contributed by atoms with Crippen LogP contribution in [0.3, 0.4) is 0 Å². The molecule has 3 heterocycles. The number of ether oxygens (including phenoxy) is 1. The van der Waals surface area contributed by atoms with Gasteiger partial charge in [0, 0.05) is 37.9 Å². The van der Waals surface area contributed by atoms with E-state index in [4.69, 9.17) is 10.5 Å². The summed E-state index contributed by atoms with van der Waals surface area (Å²) in [4.78, 5) is 27.8. The second-order valence-electron chi connectivity index (χ2n) is 10.3. The average Bonchev–Trinajstić information content (AvgIpc) is 3.42. The second-order valence-corrected chi connectivity index (χ2v) is 11.2. The lowest BCUT2D eigenvalue weighted by molar-refractivity contribution is 0.0130. The molecule has 2 fully saturated rings. The highest BCUT2D eigenvalue weighted by molar-refractivity contribution is 8.16. The standard InChI is InChI=1S/C25H36N6O2S/c1-6-34-23(27-5)19-14-31(22-20(19)21(26)28-15-29-22)18-10-9-16(12-18)17-8-7-11-30(13-17)24(32)33-25(2,3)4/h6,14-18H,1,7-13H2,2-5H3,(H2,26,28,29)/b27-23-. The van der Waals surface area contributed by atoms with Gasteiger partial charge in [-0.25, -0.2) is 14.8 Å². The van der Waals surface area contributed by atoms with Crippen molar-refractivity contribution in [1.82, 2.24) is 19.4 Å². The van der Waals surface area contributed by atoms with Gasteiger partial charge in [0.15, 0.2) is 0 Å². The van der Waals surface area contributed by atoms with Crippen LogP contribution in [-0.4, -0.2) is 56.3 Å². The van der Waals surface area contributed by atoms with Crippen LogP contribution in [0.5, 0.6) is 0 Å². The number of amides is 1. The number of nitrogens with zero attached hydrogens (tertiary/aromatic N) is 5. The van der Waals surface area contributed by atoms with Crippen LogP contribution in [0, 0.1) is 11.8 Å². The number of aliphatic imine (C=N–C) groups is 1. The molecule has 1 aliphatic heterocycles. The van der Waals surface area contributed by atoms with E-state index in [1.807, 2.05) is 25.7 Å². The minimum atomic E-state index is -0.468. The summed E-state index contributed by atoms with van der Waals surface area (Å²) in [6.07, 6.45) is 8.95. The molecule has 184 valence electrons. The SMILES string of the molecule is C=CS/C(=N\C)c1cn(C2CCC(C3CCCN(C(=O)OC(C)(C)C)C3)C2)c2ncnc(N)c12. The molecule has 2 N–H and O–H groups in total. The number of aromatic nitrogens is 3. The fourth-order valence-corrected chi connectivity index (χ4v) is 5.97. The Morgan fingerprint density at radius 3 is 2.79 bits per heavy atom. The number of nitrogen functional groups attached to an aromatic ring is 1. The van der Waals surface area contributed by atoms with E-state index in [0.717, 1.165) is 66.8 Å². The number of hydrogen-bond donors (Lipinski definition) is 1. The summed E-state index contributed by atoms with van der Waals surface area (Å²) in [5, 5.41) is 3.49. The van der Waals surface area contributed by atoms with E-state index in [2.05, 4.69) is 32.3 Å². The van der Waals surface area contributed by atoms with Gasteiger partial charge in [0.2, 0.25) is 0 Å². The van der Waals surface area contributed by atoms with Crippen LogP contribution in [-0.2, 0) is 4.74 Å². The molecule has 0 spiro atoms. The zero-order chi connectivity index (χ0) is 24.5. The molecule has 3 atom stereocenters. The van der Waals surface area contributed by atoms with Crippen molar-refractivity contribution in [3.8, 4) is 0 Å². The number of piperidine rings is 1. The third-order valence-electron chi connectivity index (χ3n) is 6.88. The largest absolute Gasteiger partial charge is 0.444 e. The summed E-state index contributed by atoms with van der Waals surface area (Å²) >= 11 is 1.48. The van der Waals surface area contributed by atoms with Gasteiger partial charge in [-0.05, 0) is 70.1 Å². The number of anilines is 1. The van der Waals surface area contributed by atoms with Crippen molar-refractivity contribution in [1.29, 1.82) is 0 Å². The van der Waals surface area contributed by atoms with Crippen LogP contribution in [0.25, 0.3) is 11.0 Å². The lowest BCUT2D eigenvalue weighted by Gasteiger charge is -2.36. The number of thioether (sulfide) groups is 1. The molecule has 0 bridgehead atoms. The second kappa shape index (κ2) is 9.98. The number of fused-ring (bicyclic) bond motifs is 1. The predicted octanol–water partition coefficient (Wildman–Crippen LogP) is 5.25. The van der Waals surface area contributed by atoms with Crippen molar-refractivity contribution in [2.24, 2.45) is 16.8 Å². The summed E-state index contributed by atoms with van der Waals surface area (Å²) in [5.74, 6) is 1.54. The van der Waals surface area contributed by atoms with Crippen LogP contribution in [0.15, 0.2) is 29.5 Å². The molecule has 3 unspecified atom stereocenters. The number of carbonyl (C=O) groups excluding carboxylic acids is 1. The average molecular weight is 485 g/mol. The van der Waals surface area contributed by atoms with Crippen LogP contribution in [0.4, 0.5) is 10.6 Å². The summed E-state index contributed by atoms with van der Waals surface area (Å²) in [5.41, 5.74) is 7.63. The molecule has 4 rings (SSSR count). The number of hydrogen-bond acceptors (Lipinski definition) is 7. The Bertz CT molecular complexity index is 1090. The molecule has 0 aromatic carbocycles. The lowest BCUT2D eigenvalue weighted by atomic mass is 9.84. The summed E-state index contributed by atoms with van der Waals surface area (Å²) in [6.45, 7) is 11.2. The molecule has 2 aliphatic rings. The minimum absolute atomic E-state index is 0.189. The maximum absolute atomic E-state index is 12.6. The highest BCUT2D eigenvalue weighted by Gasteiger charge is 2.37. The molecule has 2 aromatic rings. The Balaban J connectivity index is 1.53. The van der Waals surface area contributed by atoms with Gasteiger partial charge in [-0.3, -0.25) is 4.99 Å².